The normalized spacial score (nSPS) is 24.3. The predicted molar refractivity (Wildman–Crippen MR) is 105 cm³/mol. The Morgan fingerprint density at radius 1 is 1.26 bits per heavy atom. The topological polar surface area (TPSA) is 54.0 Å². The highest BCUT2D eigenvalue weighted by Crippen LogP contribution is 2.50. The Kier molecular flexibility index (Phi) is 4.32. The van der Waals surface area contributed by atoms with Crippen molar-refractivity contribution in [3.8, 4) is 5.75 Å². The summed E-state index contributed by atoms with van der Waals surface area (Å²) < 4.78 is 5.54. The minimum atomic E-state index is -0.492. The fraction of sp³-hybridized carbons (Fsp3) is 0.381. The van der Waals surface area contributed by atoms with Crippen LogP contribution in [0.2, 0.25) is 0 Å². The van der Waals surface area contributed by atoms with Crippen LogP contribution in [0.5, 0.6) is 5.75 Å². The van der Waals surface area contributed by atoms with Gasteiger partial charge in [0.2, 0.25) is 0 Å². The zero-order chi connectivity index (χ0) is 19.2. The lowest BCUT2D eigenvalue weighted by Crippen LogP contribution is -2.52. The number of amides is 1. The Balaban J connectivity index is 1.54. The number of hydroxylamine groups is 2. The van der Waals surface area contributed by atoms with Crippen molar-refractivity contribution in [3.05, 3.63) is 53.6 Å². The number of ether oxygens (including phenoxy) is 1. The molecule has 0 unspecified atom stereocenters. The first-order chi connectivity index (χ1) is 12.9. The molecule has 2 aliphatic rings. The van der Waals surface area contributed by atoms with Gasteiger partial charge in [-0.15, -0.1) is 0 Å². The molecule has 0 saturated carbocycles. The Hall–Kier alpha value is -2.57. The van der Waals surface area contributed by atoms with Gasteiger partial charge in [-0.2, -0.15) is 5.06 Å². The summed E-state index contributed by atoms with van der Waals surface area (Å²) in [5, 5.41) is 4.67. The summed E-state index contributed by atoms with van der Waals surface area (Å²) in [5.41, 5.74) is 3.93. The molecule has 6 nitrogen and oxygen atoms in total. The average molecular weight is 367 g/mol. The molecule has 0 aliphatic carbocycles. The summed E-state index contributed by atoms with van der Waals surface area (Å²) in [6.45, 7) is 5.05. The molecule has 2 atom stereocenters. The van der Waals surface area contributed by atoms with Gasteiger partial charge in [-0.05, 0) is 54.8 Å². The smallest absolute Gasteiger partial charge is 0.410 e. The van der Waals surface area contributed by atoms with Crippen molar-refractivity contribution in [1.29, 1.82) is 0 Å². The molecule has 142 valence electrons. The van der Waals surface area contributed by atoms with Crippen LogP contribution in [-0.4, -0.2) is 38.0 Å². The molecule has 0 spiro atoms. The van der Waals surface area contributed by atoms with E-state index in [0.717, 1.165) is 35.5 Å². The van der Waals surface area contributed by atoms with Crippen LogP contribution in [0.3, 0.4) is 0 Å². The van der Waals surface area contributed by atoms with Crippen LogP contribution in [0.1, 0.15) is 24.5 Å². The molecular weight excluding hydrogens is 342 g/mol. The number of rotatable bonds is 2. The molecule has 1 N–H and O–H groups in total. The number of benzene rings is 2. The van der Waals surface area contributed by atoms with Gasteiger partial charge in [0, 0.05) is 37.4 Å². The van der Waals surface area contributed by atoms with Crippen LogP contribution in [0, 0.1) is 6.92 Å². The second-order valence-electron chi connectivity index (χ2n) is 7.65. The monoisotopic (exact) mass is 367 g/mol. The zero-order valence-corrected chi connectivity index (χ0v) is 16.2. The number of carbonyl (C=O) groups excluding carboxylic acids is 1. The molecular formula is C21H25N3O3. The maximum absolute atomic E-state index is 12.3. The molecule has 2 aromatic rings. The summed E-state index contributed by atoms with van der Waals surface area (Å²) in [6, 6.07) is 13.4. The highest BCUT2D eigenvalue weighted by molar-refractivity contribution is 5.86. The first-order valence-corrected chi connectivity index (χ1v) is 9.17. The fourth-order valence-electron chi connectivity index (χ4n) is 4.06. The van der Waals surface area contributed by atoms with Gasteiger partial charge < -0.3 is 9.64 Å². The molecule has 1 saturated heterocycles. The Labute approximate surface area is 159 Å². The standard InChI is InChI=1S/C21H25N3O3/c1-14-6-5-7-15(12-14)22-20(25)26-16-8-9-18-17(13-16)21(2)10-11-23(3)27-19(21)24(18)4/h5-9,12-13,19H,10-11H2,1-4H3,(H,22,25)/t19-,21-/m0/s1. The van der Waals surface area contributed by atoms with Gasteiger partial charge in [-0.1, -0.05) is 19.1 Å². The highest BCUT2D eigenvalue weighted by atomic mass is 16.7. The molecule has 2 aromatic carbocycles. The molecule has 6 heteroatoms. The van der Waals surface area contributed by atoms with Crippen molar-refractivity contribution in [2.75, 3.05) is 30.9 Å². The first kappa shape index (κ1) is 17.8. The number of anilines is 2. The van der Waals surface area contributed by atoms with Crippen LogP contribution >= 0.6 is 0 Å². The predicted octanol–water partition coefficient (Wildman–Crippen LogP) is 3.91. The van der Waals surface area contributed by atoms with E-state index in [2.05, 4.69) is 17.1 Å². The van der Waals surface area contributed by atoms with Gasteiger partial charge in [0.15, 0.2) is 6.23 Å². The molecule has 0 aromatic heterocycles. The fourth-order valence-corrected chi connectivity index (χ4v) is 4.06. The number of likely N-dealkylation sites (N-methyl/N-ethyl adjacent to an activating group) is 1. The second-order valence-corrected chi connectivity index (χ2v) is 7.65. The lowest BCUT2D eigenvalue weighted by Gasteiger charge is -2.42. The molecule has 0 radical (unpaired) electrons. The summed E-state index contributed by atoms with van der Waals surface area (Å²) >= 11 is 0. The van der Waals surface area contributed by atoms with Crippen molar-refractivity contribution >= 4 is 17.5 Å². The van der Waals surface area contributed by atoms with E-state index in [-0.39, 0.29) is 11.6 Å². The van der Waals surface area contributed by atoms with E-state index in [1.807, 2.05) is 68.5 Å². The number of hydrogen-bond acceptors (Lipinski definition) is 5. The van der Waals surface area contributed by atoms with E-state index in [1.165, 1.54) is 0 Å². The Morgan fingerprint density at radius 2 is 2.07 bits per heavy atom. The van der Waals surface area contributed by atoms with E-state index in [0.29, 0.717) is 5.75 Å². The summed E-state index contributed by atoms with van der Waals surface area (Å²) in [5.74, 6) is 0.535. The molecule has 1 fully saturated rings. The van der Waals surface area contributed by atoms with Crippen molar-refractivity contribution in [3.63, 3.8) is 0 Å². The van der Waals surface area contributed by atoms with Crippen molar-refractivity contribution in [2.45, 2.75) is 31.9 Å². The van der Waals surface area contributed by atoms with E-state index in [4.69, 9.17) is 9.57 Å². The largest absolute Gasteiger partial charge is 0.417 e. The molecule has 1 amide bonds. The number of nitrogens with one attached hydrogen (secondary N) is 1. The van der Waals surface area contributed by atoms with Gasteiger partial charge in [-0.3, -0.25) is 10.2 Å². The third-order valence-electron chi connectivity index (χ3n) is 5.56. The van der Waals surface area contributed by atoms with Crippen LogP contribution in [-0.2, 0) is 10.3 Å². The average Bonchev–Trinajstić information content (AvgIpc) is 2.83. The third kappa shape index (κ3) is 3.15. The lowest BCUT2D eigenvalue weighted by atomic mass is 9.79. The maximum Gasteiger partial charge on any atom is 0.417 e. The van der Waals surface area contributed by atoms with Gasteiger partial charge in [0.05, 0.1) is 0 Å². The van der Waals surface area contributed by atoms with Gasteiger partial charge in [-0.25, -0.2) is 4.79 Å². The molecule has 27 heavy (non-hydrogen) atoms. The van der Waals surface area contributed by atoms with Crippen LogP contribution in [0.25, 0.3) is 0 Å². The molecule has 4 rings (SSSR count). The molecule has 2 aliphatic heterocycles. The van der Waals surface area contributed by atoms with Gasteiger partial charge >= 0.3 is 6.09 Å². The lowest BCUT2D eigenvalue weighted by molar-refractivity contribution is -0.226. The van der Waals surface area contributed by atoms with Crippen LogP contribution in [0.4, 0.5) is 16.2 Å². The molecule has 0 bridgehead atoms. The highest BCUT2D eigenvalue weighted by Gasteiger charge is 2.50. The molecule has 2 heterocycles. The number of hydrogen-bond donors (Lipinski definition) is 1. The number of fused-ring (bicyclic) bond motifs is 3. The summed E-state index contributed by atoms with van der Waals surface area (Å²) in [4.78, 5) is 20.5. The minimum absolute atomic E-state index is 0.0531. The second kappa shape index (κ2) is 6.55. The van der Waals surface area contributed by atoms with Crippen molar-refractivity contribution in [1.82, 2.24) is 5.06 Å². The van der Waals surface area contributed by atoms with Gasteiger partial charge in [0.1, 0.15) is 5.75 Å². The maximum atomic E-state index is 12.3. The van der Waals surface area contributed by atoms with Crippen LogP contribution < -0.4 is 15.0 Å². The third-order valence-corrected chi connectivity index (χ3v) is 5.56. The van der Waals surface area contributed by atoms with E-state index < -0.39 is 6.09 Å². The quantitative estimate of drug-likeness (QED) is 0.872. The first-order valence-electron chi connectivity index (χ1n) is 9.17. The summed E-state index contributed by atoms with van der Waals surface area (Å²) in [6.07, 6.45) is 0.431. The summed E-state index contributed by atoms with van der Waals surface area (Å²) in [7, 11) is 4.00. The van der Waals surface area contributed by atoms with Crippen molar-refractivity contribution in [2.24, 2.45) is 0 Å². The Bertz CT molecular complexity index is 885. The SMILES string of the molecule is Cc1cccc(NC(=O)Oc2ccc3c(c2)[C@]2(C)CCN(C)O[C@@H]2N3C)c1. The Morgan fingerprint density at radius 3 is 2.85 bits per heavy atom. The minimum Gasteiger partial charge on any atom is -0.410 e. The zero-order valence-electron chi connectivity index (χ0n) is 16.2. The number of aryl methyl sites for hydroxylation is 1. The van der Waals surface area contributed by atoms with E-state index >= 15 is 0 Å². The van der Waals surface area contributed by atoms with E-state index in [1.54, 1.807) is 0 Å². The van der Waals surface area contributed by atoms with Crippen molar-refractivity contribution < 1.29 is 14.4 Å². The number of nitrogens with zero attached hydrogens (tertiary/aromatic N) is 2. The van der Waals surface area contributed by atoms with Crippen LogP contribution in [0.15, 0.2) is 42.5 Å². The van der Waals surface area contributed by atoms with Gasteiger partial charge in [0.25, 0.3) is 0 Å². The number of carbonyl (C=O) groups is 1. The van der Waals surface area contributed by atoms with E-state index in [9.17, 15) is 4.79 Å².